The van der Waals surface area contributed by atoms with Crippen molar-refractivity contribution in [2.75, 3.05) is 21.1 Å². The smallest absolute Gasteiger partial charge is 0.117 e. The molecule has 0 radical (unpaired) electrons. The minimum atomic E-state index is 1.75. The van der Waals surface area contributed by atoms with Crippen molar-refractivity contribution in [1.82, 2.24) is 15.0 Å². The molecule has 0 saturated carbocycles. The van der Waals surface area contributed by atoms with Crippen molar-refractivity contribution in [3.05, 3.63) is 12.4 Å². The molecule has 1 aliphatic heterocycles. The van der Waals surface area contributed by atoms with Crippen LogP contribution in [0.15, 0.2) is 17.5 Å². The molecular weight excluding hydrogens is 128 g/mol. The third-order valence-corrected chi connectivity index (χ3v) is 1.20. The molecule has 0 aromatic rings. The van der Waals surface area contributed by atoms with E-state index in [9.17, 15) is 0 Å². The van der Waals surface area contributed by atoms with E-state index in [0.717, 1.165) is 0 Å². The first kappa shape index (κ1) is 7.08. The number of hydrazone groups is 1. The molecule has 0 N–H and O–H groups in total. The summed E-state index contributed by atoms with van der Waals surface area (Å²) >= 11 is 0. The number of nitrogens with zero attached hydrogens (tertiary/aromatic N) is 4. The highest BCUT2D eigenvalue weighted by molar-refractivity contribution is 5.56. The van der Waals surface area contributed by atoms with Gasteiger partial charge in [0.25, 0.3) is 0 Å². The Balaban J connectivity index is 2.54. The number of hydrogen-bond acceptors (Lipinski definition) is 4. The van der Waals surface area contributed by atoms with E-state index in [1.807, 2.05) is 43.5 Å². The minimum Gasteiger partial charge on any atom is -0.339 e. The molecule has 0 aromatic carbocycles. The summed E-state index contributed by atoms with van der Waals surface area (Å²) in [5, 5.41) is 7.72. The topological polar surface area (TPSA) is 22.1 Å². The molecule has 4 nitrogen and oxygen atoms in total. The third-order valence-electron chi connectivity index (χ3n) is 1.20. The molecule has 0 fully saturated rings. The summed E-state index contributed by atoms with van der Waals surface area (Å²) in [6, 6.07) is 0. The highest BCUT2D eigenvalue weighted by Crippen LogP contribution is 1.98. The van der Waals surface area contributed by atoms with Gasteiger partial charge in [0.2, 0.25) is 0 Å². The molecule has 0 amide bonds. The van der Waals surface area contributed by atoms with Crippen molar-refractivity contribution in [2.24, 2.45) is 5.10 Å². The molecule has 1 heterocycles. The van der Waals surface area contributed by atoms with Gasteiger partial charge in [0.15, 0.2) is 0 Å². The standard InChI is InChI=1S/C6H12N4/c1-8(2)10-5-4-9(3)6-7-10/h4-6H,1-3H3. The number of rotatable bonds is 1. The van der Waals surface area contributed by atoms with E-state index in [1.165, 1.54) is 0 Å². The first-order chi connectivity index (χ1) is 4.70. The summed E-state index contributed by atoms with van der Waals surface area (Å²) < 4.78 is 0. The molecule has 0 aromatic heterocycles. The maximum atomic E-state index is 4.08. The van der Waals surface area contributed by atoms with Gasteiger partial charge in [-0.2, -0.15) is 5.12 Å². The molecule has 0 saturated heterocycles. The third kappa shape index (κ3) is 1.48. The van der Waals surface area contributed by atoms with Gasteiger partial charge >= 0.3 is 0 Å². The first-order valence-corrected chi connectivity index (χ1v) is 3.11. The van der Waals surface area contributed by atoms with Gasteiger partial charge in [-0.15, -0.1) is 5.10 Å². The van der Waals surface area contributed by atoms with Crippen molar-refractivity contribution in [2.45, 2.75) is 0 Å². The predicted molar refractivity (Wildman–Crippen MR) is 40.9 cm³/mol. The fraction of sp³-hybridized carbons (Fsp3) is 0.500. The first-order valence-electron chi connectivity index (χ1n) is 3.11. The normalized spacial score (nSPS) is 17.2. The van der Waals surface area contributed by atoms with Crippen LogP contribution in [0, 0.1) is 0 Å². The Kier molecular flexibility index (Phi) is 1.91. The quantitative estimate of drug-likeness (QED) is 0.516. The van der Waals surface area contributed by atoms with Crippen LogP contribution >= 0.6 is 0 Å². The zero-order chi connectivity index (χ0) is 7.56. The van der Waals surface area contributed by atoms with Crippen LogP contribution in [0.2, 0.25) is 0 Å². The Morgan fingerprint density at radius 1 is 1.30 bits per heavy atom. The maximum Gasteiger partial charge on any atom is 0.117 e. The molecule has 0 unspecified atom stereocenters. The lowest BCUT2D eigenvalue weighted by atomic mass is 10.7. The summed E-state index contributed by atoms with van der Waals surface area (Å²) in [6.45, 7) is 0. The van der Waals surface area contributed by atoms with Crippen molar-refractivity contribution in [3.63, 3.8) is 0 Å². The van der Waals surface area contributed by atoms with Crippen LogP contribution in [-0.2, 0) is 0 Å². The van der Waals surface area contributed by atoms with Gasteiger partial charge in [-0.25, -0.2) is 5.01 Å². The van der Waals surface area contributed by atoms with Crippen LogP contribution in [-0.4, -0.2) is 42.5 Å². The van der Waals surface area contributed by atoms with Crippen LogP contribution < -0.4 is 0 Å². The molecule has 0 bridgehead atoms. The monoisotopic (exact) mass is 140 g/mol. The lowest BCUT2D eigenvalue weighted by Crippen LogP contribution is -2.31. The lowest BCUT2D eigenvalue weighted by Gasteiger charge is -2.25. The zero-order valence-electron chi connectivity index (χ0n) is 6.52. The van der Waals surface area contributed by atoms with Gasteiger partial charge in [-0.05, 0) is 0 Å². The Hall–Kier alpha value is -1.03. The molecule has 4 heteroatoms. The van der Waals surface area contributed by atoms with E-state index < -0.39 is 0 Å². The molecular formula is C6H12N4. The van der Waals surface area contributed by atoms with E-state index in [1.54, 1.807) is 11.5 Å². The predicted octanol–water partition coefficient (Wildman–Crippen LogP) is 0.125. The van der Waals surface area contributed by atoms with Gasteiger partial charge < -0.3 is 4.90 Å². The molecule has 1 aliphatic rings. The van der Waals surface area contributed by atoms with Gasteiger partial charge in [-0.1, -0.05) is 0 Å². The van der Waals surface area contributed by atoms with Crippen LogP contribution in [0.1, 0.15) is 0 Å². The van der Waals surface area contributed by atoms with Gasteiger partial charge in [-0.3, -0.25) is 0 Å². The van der Waals surface area contributed by atoms with Gasteiger partial charge in [0.05, 0.1) is 6.20 Å². The van der Waals surface area contributed by atoms with E-state index in [0.29, 0.717) is 0 Å². The molecule has 0 atom stereocenters. The highest BCUT2D eigenvalue weighted by Gasteiger charge is 2.01. The Morgan fingerprint density at radius 2 is 2.00 bits per heavy atom. The lowest BCUT2D eigenvalue weighted by molar-refractivity contribution is 0.0817. The van der Waals surface area contributed by atoms with Crippen molar-refractivity contribution >= 4 is 6.34 Å². The summed E-state index contributed by atoms with van der Waals surface area (Å²) in [7, 11) is 5.81. The Morgan fingerprint density at radius 3 is 2.40 bits per heavy atom. The van der Waals surface area contributed by atoms with E-state index in [-0.39, 0.29) is 0 Å². The van der Waals surface area contributed by atoms with Crippen LogP contribution in [0.3, 0.4) is 0 Å². The summed E-state index contributed by atoms with van der Waals surface area (Å²) in [5.74, 6) is 0. The number of hydrogen-bond donors (Lipinski definition) is 0. The molecule has 56 valence electrons. The van der Waals surface area contributed by atoms with Crippen molar-refractivity contribution in [1.29, 1.82) is 0 Å². The van der Waals surface area contributed by atoms with Crippen LogP contribution in [0.25, 0.3) is 0 Å². The van der Waals surface area contributed by atoms with Gasteiger partial charge in [0, 0.05) is 27.3 Å². The average molecular weight is 140 g/mol. The highest BCUT2D eigenvalue weighted by atomic mass is 15.8. The minimum absolute atomic E-state index is 1.75. The Labute approximate surface area is 61.0 Å². The summed E-state index contributed by atoms with van der Waals surface area (Å²) in [6.07, 6.45) is 5.58. The zero-order valence-corrected chi connectivity index (χ0v) is 6.52. The molecule has 0 spiro atoms. The molecule has 10 heavy (non-hydrogen) atoms. The SMILES string of the molecule is CN1C=CN(N(C)C)N=C1. The second-order valence-electron chi connectivity index (χ2n) is 2.36. The van der Waals surface area contributed by atoms with E-state index in [4.69, 9.17) is 0 Å². The maximum absolute atomic E-state index is 4.08. The second-order valence-corrected chi connectivity index (χ2v) is 2.36. The number of hydrazine groups is 1. The fourth-order valence-corrected chi connectivity index (χ4v) is 0.613. The molecule has 0 aliphatic carbocycles. The fourth-order valence-electron chi connectivity index (χ4n) is 0.613. The van der Waals surface area contributed by atoms with E-state index >= 15 is 0 Å². The summed E-state index contributed by atoms with van der Waals surface area (Å²) in [4.78, 5) is 1.89. The van der Waals surface area contributed by atoms with Gasteiger partial charge in [0.1, 0.15) is 6.34 Å². The average Bonchev–Trinajstić information content (AvgIpc) is 1.88. The molecule has 1 rings (SSSR count). The van der Waals surface area contributed by atoms with Crippen molar-refractivity contribution < 1.29 is 0 Å². The van der Waals surface area contributed by atoms with E-state index in [2.05, 4.69) is 5.10 Å². The van der Waals surface area contributed by atoms with Crippen LogP contribution in [0.4, 0.5) is 0 Å². The largest absolute Gasteiger partial charge is 0.339 e. The Bertz CT molecular complexity index is 147. The van der Waals surface area contributed by atoms with Crippen LogP contribution in [0.5, 0.6) is 0 Å². The second kappa shape index (κ2) is 2.70. The summed E-state index contributed by atoms with van der Waals surface area (Å²) in [5.41, 5.74) is 0. The van der Waals surface area contributed by atoms with Crippen molar-refractivity contribution in [3.8, 4) is 0 Å².